The summed E-state index contributed by atoms with van der Waals surface area (Å²) in [7, 11) is 0. The van der Waals surface area contributed by atoms with Gasteiger partial charge in [0.1, 0.15) is 0 Å². The van der Waals surface area contributed by atoms with Crippen molar-refractivity contribution >= 4 is 24.0 Å². The molecule has 9 heavy (non-hydrogen) atoms. The zero-order valence-electron chi connectivity index (χ0n) is 4.88. The second-order valence-corrected chi connectivity index (χ2v) is 2.08. The van der Waals surface area contributed by atoms with Gasteiger partial charge < -0.3 is 15.9 Å². The van der Waals surface area contributed by atoms with E-state index in [4.69, 9.17) is 27.5 Å². The molecule has 0 aromatic rings. The summed E-state index contributed by atoms with van der Waals surface area (Å²) in [4.78, 5) is 0. The van der Waals surface area contributed by atoms with Crippen molar-refractivity contribution in [3.05, 3.63) is 0 Å². The van der Waals surface area contributed by atoms with Crippen molar-refractivity contribution in [1.82, 2.24) is 0 Å². The Morgan fingerprint density at radius 2 is 1.67 bits per heavy atom. The molecule has 0 bridgehead atoms. The maximum atomic E-state index is 8.42. The molecule has 0 spiro atoms. The van der Waals surface area contributed by atoms with Crippen molar-refractivity contribution in [3.8, 4) is 0 Å². The van der Waals surface area contributed by atoms with E-state index in [0.717, 1.165) is 0 Å². The molecule has 0 atom stereocenters. The number of aliphatic hydroxyl groups is 2. The van der Waals surface area contributed by atoms with Gasteiger partial charge in [-0.2, -0.15) is 0 Å². The molecule has 58 valence electrons. The lowest BCUT2D eigenvalue weighted by atomic mass is 10.1. The number of hydrogen-bond acceptors (Lipinski definition) is 3. The van der Waals surface area contributed by atoms with E-state index >= 15 is 0 Å². The molecule has 0 heterocycles. The van der Waals surface area contributed by atoms with E-state index in [-0.39, 0.29) is 31.5 Å². The highest BCUT2D eigenvalue weighted by Crippen LogP contribution is 1.99. The van der Waals surface area contributed by atoms with Crippen LogP contribution in [0.15, 0.2) is 0 Å². The Morgan fingerprint density at radius 3 is 1.67 bits per heavy atom. The molecule has 0 radical (unpaired) electrons. The fraction of sp³-hybridized carbons (Fsp3) is 1.00. The molecule has 0 aliphatic rings. The van der Waals surface area contributed by atoms with E-state index in [9.17, 15) is 0 Å². The van der Waals surface area contributed by atoms with Crippen molar-refractivity contribution in [3.63, 3.8) is 0 Å². The van der Waals surface area contributed by atoms with Gasteiger partial charge in [0.15, 0.2) is 0 Å². The van der Waals surface area contributed by atoms with E-state index in [1.807, 2.05) is 0 Å². The van der Waals surface area contributed by atoms with Crippen LogP contribution in [0.25, 0.3) is 0 Å². The van der Waals surface area contributed by atoms with Crippen LogP contribution in [0.3, 0.4) is 0 Å². The van der Waals surface area contributed by atoms with E-state index in [1.165, 1.54) is 0 Å². The van der Waals surface area contributed by atoms with Crippen LogP contribution in [-0.4, -0.2) is 34.8 Å². The quantitative estimate of drug-likeness (QED) is 0.499. The average Bonchev–Trinajstić information content (AvgIpc) is 1.87. The van der Waals surface area contributed by atoms with E-state index < -0.39 is 5.54 Å². The van der Waals surface area contributed by atoms with Crippen LogP contribution in [0.1, 0.15) is 0 Å². The van der Waals surface area contributed by atoms with Gasteiger partial charge >= 0.3 is 0 Å². The Balaban J connectivity index is 0. The Morgan fingerprint density at radius 1 is 1.33 bits per heavy atom. The first-order valence-electron chi connectivity index (χ1n) is 2.25. The van der Waals surface area contributed by atoms with Gasteiger partial charge in [-0.3, -0.25) is 0 Å². The smallest absolute Gasteiger partial charge is 0.0759 e. The van der Waals surface area contributed by atoms with Crippen LogP contribution in [-0.2, 0) is 0 Å². The molecule has 0 unspecified atom stereocenters. The van der Waals surface area contributed by atoms with Gasteiger partial charge in [-0.05, 0) is 0 Å². The second-order valence-electron chi connectivity index (χ2n) is 1.81. The summed E-state index contributed by atoms with van der Waals surface area (Å²) in [5, 5.41) is 16.8. The van der Waals surface area contributed by atoms with Crippen molar-refractivity contribution < 1.29 is 10.2 Å². The van der Waals surface area contributed by atoms with Crippen LogP contribution in [0.4, 0.5) is 0 Å². The SMILES string of the molecule is Cl.NC(CO)(CO)CCl. The van der Waals surface area contributed by atoms with Crippen LogP contribution in [0.2, 0.25) is 0 Å². The minimum absolute atomic E-state index is 0. The van der Waals surface area contributed by atoms with E-state index in [2.05, 4.69) is 0 Å². The topological polar surface area (TPSA) is 66.5 Å². The molecule has 0 fully saturated rings. The highest BCUT2D eigenvalue weighted by molar-refractivity contribution is 6.18. The molecule has 0 saturated carbocycles. The summed E-state index contributed by atoms with van der Waals surface area (Å²) in [5.74, 6) is 0.0694. The van der Waals surface area contributed by atoms with Crippen LogP contribution in [0, 0.1) is 0 Å². The first kappa shape index (κ1) is 12.2. The van der Waals surface area contributed by atoms with E-state index in [0.29, 0.717) is 0 Å². The Kier molecular flexibility index (Phi) is 7.11. The van der Waals surface area contributed by atoms with Gasteiger partial charge in [0.2, 0.25) is 0 Å². The monoisotopic (exact) mass is 175 g/mol. The molecule has 0 saturated heterocycles. The molecular weight excluding hydrogens is 165 g/mol. The zero-order valence-corrected chi connectivity index (χ0v) is 6.45. The lowest BCUT2D eigenvalue weighted by molar-refractivity contribution is 0.136. The van der Waals surface area contributed by atoms with Gasteiger partial charge in [0, 0.05) is 5.88 Å². The third kappa shape index (κ3) is 3.95. The molecule has 0 rings (SSSR count). The highest BCUT2D eigenvalue weighted by Gasteiger charge is 2.20. The summed E-state index contributed by atoms with van der Waals surface area (Å²) in [6, 6.07) is 0. The third-order valence-electron chi connectivity index (χ3n) is 0.896. The Bertz CT molecular complexity index is 59.3. The summed E-state index contributed by atoms with van der Waals surface area (Å²) in [5.41, 5.74) is 4.27. The maximum absolute atomic E-state index is 8.42. The van der Waals surface area contributed by atoms with Crippen LogP contribution in [0.5, 0.6) is 0 Å². The fourth-order valence-electron chi connectivity index (χ4n) is 0.135. The minimum atomic E-state index is -0.998. The molecule has 5 heteroatoms. The molecule has 4 N–H and O–H groups in total. The van der Waals surface area contributed by atoms with Crippen molar-refractivity contribution in [2.75, 3.05) is 19.1 Å². The fourth-order valence-corrected chi connectivity index (χ4v) is 0.304. The lowest BCUT2D eigenvalue weighted by Crippen LogP contribution is -2.49. The standard InChI is InChI=1S/C4H10ClNO2.ClH/c5-1-4(6,2-7)3-8;/h7-8H,1-3,6H2;1H. The Hall–Kier alpha value is 0.460. The molecule has 3 nitrogen and oxygen atoms in total. The number of aliphatic hydroxyl groups excluding tert-OH is 2. The number of alkyl halides is 1. The number of hydrogen-bond donors (Lipinski definition) is 3. The highest BCUT2D eigenvalue weighted by atomic mass is 35.5. The number of halogens is 2. The maximum Gasteiger partial charge on any atom is 0.0759 e. The summed E-state index contributed by atoms with van der Waals surface area (Å²) in [6.45, 7) is -0.569. The third-order valence-corrected chi connectivity index (χ3v) is 1.43. The normalized spacial score (nSPS) is 10.7. The lowest BCUT2D eigenvalue weighted by Gasteiger charge is -2.20. The largest absolute Gasteiger partial charge is 0.394 e. The predicted molar refractivity (Wildman–Crippen MR) is 39.1 cm³/mol. The van der Waals surface area contributed by atoms with Crippen LogP contribution < -0.4 is 5.73 Å². The van der Waals surface area contributed by atoms with Crippen molar-refractivity contribution in [2.24, 2.45) is 5.73 Å². The molecule has 0 aliphatic carbocycles. The minimum Gasteiger partial charge on any atom is -0.394 e. The second kappa shape index (κ2) is 5.26. The van der Waals surface area contributed by atoms with Gasteiger partial charge in [0.25, 0.3) is 0 Å². The zero-order chi connectivity index (χ0) is 6.62. The van der Waals surface area contributed by atoms with Crippen LogP contribution >= 0.6 is 24.0 Å². The van der Waals surface area contributed by atoms with Gasteiger partial charge in [-0.25, -0.2) is 0 Å². The first-order chi connectivity index (χ1) is 3.68. The first-order valence-corrected chi connectivity index (χ1v) is 2.78. The molecular formula is C4H11Cl2NO2. The average molecular weight is 176 g/mol. The van der Waals surface area contributed by atoms with Gasteiger partial charge in [-0.1, -0.05) is 0 Å². The predicted octanol–water partition coefficient (Wildman–Crippen LogP) is -0.671. The van der Waals surface area contributed by atoms with Gasteiger partial charge in [-0.15, -0.1) is 24.0 Å². The molecule has 0 amide bonds. The molecule has 0 aliphatic heterocycles. The van der Waals surface area contributed by atoms with Crippen molar-refractivity contribution in [1.29, 1.82) is 0 Å². The molecule has 0 aromatic carbocycles. The van der Waals surface area contributed by atoms with Crippen molar-refractivity contribution in [2.45, 2.75) is 5.54 Å². The number of rotatable bonds is 3. The van der Waals surface area contributed by atoms with Gasteiger partial charge in [0.05, 0.1) is 18.8 Å². The number of nitrogens with two attached hydrogens (primary N) is 1. The summed E-state index contributed by atoms with van der Waals surface area (Å²) >= 11 is 5.26. The Labute approximate surface area is 65.2 Å². The molecule has 0 aromatic heterocycles. The van der Waals surface area contributed by atoms with E-state index in [1.54, 1.807) is 0 Å². The summed E-state index contributed by atoms with van der Waals surface area (Å²) in [6.07, 6.45) is 0. The summed E-state index contributed by atoms with van der Waals surface area (Å²) < 4.78 is 0.